The minimum absolute atomic E-state index is 0.0737. The van der Waals surface area contributed by atoms with Crippen molar-refractivity contribution in [1.29, 1.82) is 5.26 Å². The number of rotatable bonds is 14. The predicted molar refractivity (Wildman–Crippen MR) is 289 cm³/mol. The maximum atomic E-state index is 14.8. The molecule has 5 aliphatic rings. The van der Waals surface area contributed by atoms with Crippen molar-refractivity contribution in [1.82, 2.24) is 44.4 Å². The Balaban J connectivity index is 0.830. The van der Waals surface area contributed by atoms with E-state index >= 15 is 0 Å². The third kappa shape index (κ3) is 9.07. The highest BCUT2D eigenvalue weighted by atomic mass is 19.1. The van der Waals surface area contributed by atoms with Gasteiger partial charge < -0.3 is 19.0 Å². The molecule has 8 aromatic rings. The van der Waals surface area contributed by atoms with Gasteiger partial charge in [-0.1, -0.05) is 36.0 Å². The Morgan fingerprint density at radius 3 is 1.97 bits per heavy atom. The lowest BCUT2D eigenvalue weighted by molar-refractivity contribution is -0.0468. The Morgan fingerprint density at radius 1 is 0.744 bits per heavy atom. The van der Waals surface area contributed by atoms with Crippen LogP contribution in [0.1, 0.15) is 104 Å². The molecular weight excluding hydrogens is 986 g/mol. The molecule has 78 heavy (non-hydrogen) atoms. The van der Waals surface area contributed by atoms with Crippen molar-refractivity contribution < 1.29 is 23.8 Å². The Kier molecular flexibility index (Phi) is 12.3. The number of hydrogen-bond acceptors (Lipinski definition) is 12. The molecule has 17 nitrogen and oxygen atoms in total. The van der Waals surface area contributed by atoms with Gasteiger partial charge in [-0.15, -0.1) is 20.4 Å². The highest BCUT2D eigenvalue weighted by Crippen LogP contribution is 2.47. The number of halogens is 1. The lowest BCUT2D eigenvalue weighted by Gasteiger charge is -2.31. The SMILES string of the molecule is CCN(Cc1ccc2c(c1)C(=O)N(c1cc(-c3ccc(C#N)cc3-c3nncn3C)cc(C3CC3[N+]#Cc3ccc(-c4cc(C5CC5)nc(N5Cc6cc(F)c(CO)cc6C5=O)c4)c(-c4nncn4C)c3)n1)C2)CC1COC1. The average molecular weight is 1040 g/mol. The van der Waals surface area contributed by atoms with Gasteiger partial charge >= 0.3 is 6.07 Å². The number of aryl methyl sites for hydroxylation is 2. The van der Waals surface area contributed by atoms with Crippen LogP contribution in [0.25, 0.3) is 49.9 Å². The van der Waals surface area contributed by atoms with E-state index in [0.29, 0.717) is 64.4 Å². The Labute approximate surface area is 449 Å². The normalized spacial score (nSPS) is 17.5. The van der Waals surface area contributed by atoms with Crippen LogP contribution in [0.3, 0.4) is 0 Å². The molecule has 0 bridgehead atoms. The number of amides is 2. The fourth-order valence-electron chi connectivity index (χ4n) is 11.0. The molecule has 1 saturated heterocycles. The topological polar surface area (TPSA) is 189 Å². The summed E-state index contributed by atoms with van der Waals surface area (Å²) in [6, 6.07) is 33.9. The van der Waals surface area contributed by atoms with Crippen molar-refractivity contribution in [3.63, 3.8) is 0 Å². The lowest BCUT2D eigenvalue weighted by atomic mass is 9.96. The number of anilines is 2. The molecule has 0 radical (unpaired) electrons. The van der Waals surface area contributed by atoms with E-state index in [2.05, 4.69) is 68.6 Å². The Morgan fingerprint density at radius 2 is 1.37 bits per heavy atom. The lowest BCUT2D eigenvalue weighted by Crippen LogP contribution is -2.39. The number of aliphatic hydroxyl groups is 1. The monoisotopic (exact) mass is 1040 g/mol. The predicted octanol–water partition coefficient (Wildman–Crippen LogP) is 8.81. The zero-order chi connectivity index (χ0) is 53.3. The van der Waals surface area contributed by atoms with Crippen LogP contribution in [0, 0.1) is 29.1 Å². The zero-order valence-electron chi connectivity index (χ0n) is 43.3. The molecule has 13 rings (SSSR count). The molecule has 2 aliphatic carbocycles. The molecular formula is C60H53FN13O4+. The molecule has 2 unspecified atom stereocenters. The van der Waals surface area contributed by atoms with Crippen molar-refractivity contribution in [2.45, 2.75) is 70.3 Å². The summed E-state index contributed by atoms with van der Waals surface area (Å²) in [5.41, 5.74) is 11.3. The minimum atomic E-state index is -0.549. The fourth-order valence-corrected chi connectivity index (χ4v) is 11.0. The number of fused-ring (bicyclic) bond motifs is 2. The van der Waals surface area contributed by atoms with Crippen LogP contribution < -0.4 is 9.80 Å². The molecule has 388 valence electrons. The summed E-state index contributed by atoms with van der Waals surface area (Å²) in [5, 5.41) is 37.0. The molecule has 7 heterocycles. The van der Waals surface area contributed by atoms with Crippen molar-refractivity contribution in [2.75, 3.05) is 36.1 Å². The third-order valence-electron chi connectivity index (χ3n) is 15.7. The second-order valence-corrected chi connectivity index (χ2v) is 21.1. The summed E-state index contributed by atoms with van der Waals surface area (Å²) in [6.45, 7) is 6.35. The molecule has 3 fully saturated rings. The van der Waals surface area contributed by atoms with Gasteiger partial charge in [-0.25, -0.2) is 14.4 Å². The smallest absolute Gasteiger partial charge is 0.311 e. The number of pyridine rings is 2. The highest BCUT2D eigenvalue weighted by Gasteiger charge is 2.50. The number of carbonyl (C=O) groups is 2. The quantitative estimate of drug-likeness (QED) is 0.109. The molecule has 1 N–H and O–H groups in total. The van der Waals surface area contributed by atoms with E-state index in [-0.39, 0.29) is 41.8 Å². The van der Waals surface area contributed by atoms with Gasteiger partial charge in [-0.3, -0.25) is 24.3 Å². The van der Waals surface area contributed by atoms with Gasteiger partial charge in [0.1, 0.15) is 35.7 Å². The van der Waals surface area contributed by atoms with Crippen LogP contribution >= 0.6 is 0 Å². The molecule has 4 aromatic carbocycles. The molecule has 18 heteroatoms. The van der Waals surface area contributed by atoms with E-state index in [9.17, 15) is 24.3 Å². The van der Waals surface area contributed by atoms with Gasteiger partial charge in [0.25, 0.3) is 17.9 Å². The van der Waals surface area contributed by atoms with Gasteiger partial charge in [0.2, 0.25) is 0 Å². The van der Waals surface area contributed by atoms with Crippen molar-refractivity contribution >= 4 is 23.5 Å². The third-order valence-corrected chi connectivity index (χ3v) is 15.7. The van der Waals surface area contributed by atoms with Gasteiger partial charge in [-0.05, 0) is 125 Å². The second-order valence-electron chi connectivity index (χ2n) is 21.1. The summed E-state index contributed by atoms with van der Waals surface area (Å²) in [4.78, 5) is 49.5. The minimum Gasteiger partial charge on any atom is -0.392 e. The van der Waals surface area contributed by atoms with Crippen LogP contribution in [-0.2, 0) is 45.1 Å². The van der Waals surface area contributed by atoms with Crippen LogP contribution in [0.15, 0.2) is 104 Å². The van der Waals surface area contributed by atoms with E-state index in [1.54, 1.807) is 28.5 Å². The van der Waals surface area contributed by atoms with E-state index in [4.69, 9.17) is 19.5 Å². The molecule has 2 atom stereocenters. The number of carbonyl (C=O) groups excluding carboxylic acids is 2. The van der Waals surface area contributed by atoms with Crippen LogP contribution in [0.2, 0.25) is 0 Å². The van der Waals surface area contributed by atoms with Gasteiger partial charge in [-0.2, -0.15) is 5.26 Å². The first-order valence-electron chi connectivity index (χ1n) is 26.4. The highest BCUT2D eigenvalue weighted by molar-refractivity contribution is 6.11. The maximum Gasteiger partial charge on any atom is 0.311 e. The van der Waals surface area contributed by atoms with Crippen LogP contribution in [0.5, 0.6) is 0 Å². The number of hydrogen-bond donors (Lipinski definition) is 1. The Hall–Kier alpha value is -8.81. The van der Waals surface area contributed by atoms with Crippen LogP contribution in [-0.4, -0.2) is 93.7 Å². The number of aliphatic hydroxyl groups excluding tert-OH is 1. The maximum absolute atomic E-state index is 14.8. The van der Waals surface area contributed by atoms with E-state index in [0.717, 1.165) is 107 Å². The number of nitrogens with zero attached hydrogens (tertiary/aromatic N) is 13. The van der Waals surface area contributed by atoms with E-state index < -0.39 is 12.4 Å². The Bertz CT molecular complexity index is 3880. The van der Waals surface area contributed by atoms with Crippen molar-refractivity contribution in [3.05, 3.63) is 170 Å². The van der Waals surface area contributed by atoms with Gasteiger partial charge in [0, 0.05) is 79.0 Å². The molecule has 3 aliphatic heterocycles. The van der Waals surface area contributed by atoms with Crippen molar-refractivity contribution in [3.8, 4) is 57.2 Å². The first kappa shape index (κ1) is 48.8. The van der Waals surface area contributed by atoms with E-state index in [1.165, 1.54) is 12.1 Å². The summed E-state index contributed by atoms with van der Waals surface area (Å²) >= 11 is 0. The first-order valence-corrected chi connectivity index (χ1v) is 26.4. The van der Waals surface area contributed by atoms with Crippen LogP contribution in [0.4, 0.5) is 16.0 Å². The molecule has 2 amide bonds. The number of aromatic nitrogens is 8. The summed E-state index contributed by atoms with van der Waals surface area (Å²) in [7, 11) is 3.75. The fraction of sp³-hybridized carbons (Fsp3) is 0.300. The van der Waals surface area contributed by atoms with Crippen molar-refractivity contribution in [2.24, 2.45) is 20.0 Å². The summed E-state index contributed by atoms with van der Waals surface area (Å²) < 4.78 is 23.9. The largest absolute Gasteiger partial charge is 0.392 e. The number of nitriles is 1. The zero-order valence-corrected chi connectivity index (χ0v) is 43.3. The molecule has 0 spiro atoms. The number of ether oxygens (including phenoxy) is 1. The second kappa shape index (κ2) is 19.6. The van der Waals surface area contributed by atoms with Gasteiger partial charge in [0.05, 0.1) is 56.2 Å². The van der Waals surface area contributed by atoms with Gasteiger partial charge in [0.15, 0.2) is 11.6 Å². The van der Waals surface area contributed by atoms with E-state index in [1.807, 2.05) is 71.8 Å². The molecule has 4 aromatic heterocycles. The average Bonchev–Trinajstić information content (AvgIpc) is 4.48. The summed E-state index contributed by atoms with van der Waals surface area (Å²) in [5.74, 6) is 1.94. The standard InChI is InChI=1S/C60H53FN13O4/c1-4-72(26-37-30-78-31-37)25-36-5-8-39-27-73(59(76)46(39)15-36)56-21-41(44-11-6-34(23-62)13-48(44)57-68-64-32-70(57)2)19-54(67-56)50-22-53(50)63-24-35-7-12-45(49(14-35)58-69-65-33-71(58)3)40-18-52(38-9-10-38)66-55(20-40)74-28-42-17-51(61)43(29-75)16-47(42)60(74)77/h5-8,11-21,32-33,37-38,50,53,75H,4,9-10,22,25-31H2,1-3H3/q+1. The first-order chi connectivity index (χ1) is 38.0. The summed E-state index contributed by atoms with van der Waals surface area (Å²) in [6.07, 6.45) is 5.95. The number of benzene rings is 4. The molecule has 2 saturated carbocycles.